The number of aromatic nitrogens is 2. The lowest BCUT2D eigenvalue weighted by Crippen LogP contribution is -2.23. The summed E-state index contributed by atoms with van der Waals surface area (Å²) in [6, 6.07) is 37.1. The fourth-order valence-corrected chi connectivity index (χ4v) is 7.74. The SMILES string of the molecule is C/C=C\C1=C(C2=CC3C=CC=CC3C=C2)c2ccccc2C(c2ccc(-c3nc4ccccc4n3-c3ccccc3)cc2)C1/C=C\C. The Hall–Kier alpha value is -5.47. The van der Waals surface area contributed by atoms with Gasteiger partial charge in [-0.15, -0.1) is 0 Å². The fourth-order valence-electron chi connectivity index (χ4n) is 7.74. The molecular formula is C45H38N2. The molecule has 4 unspecified atom stereocenters. The lowest BCUT2D eigenvalue weighted by Gasteiger charge is -2.37. The molecule has 0 radical (unpaired) electrons. The van der Waals surface area contributed by atoms with E-state index in [1.54, 1.807) is 0 Å². The molecule has 2 nitrogen and oxygen atoms in total. The van der Waals surface area contributed by atoms with Crippen LogP contribution in [0.4, 0.5) is 0 Å². The number of imidazole rings is 1. The third-order valence-corrected chi connectivity index (χ3v) is 9.80. The van der Waals surface area contributed by atoms with Gasteiger partial charge in [-0.3, -0.25) is 4.57 Å². The predicted molar refractivity (Wildman–Crippen MR) is 197 cm³/mol. The van der Waals surface area contributed by atoms with E-state index in [4.69, 9.17) is 4.98 Å². The highest BCUT2D eigenvalue weighted by Crippen LogP contribution is 2.50. The molecule has 3 aliphatic carbocycles. The van der Waals surface area contributed by atoms with Crippen molar-refractivity contribution in [2.24, 2.45) is 17.8 Å². The van der Waals surface area contributed by atoms with Crippen LogP contribution in [0.3, 0.4) is 0 Å². The second-order valence-electron chi connectivity index (χ2n) is 12.6. The van der Waals surface area contributed by atoms with E-state index in [1.807, 2.05) is 0 Å². The smallest absolute Gasteiger partial charge is 0.145 e. The third kappa shape index (κ3) is 5.11. The van der Waals surface area contributed by atoms with E-state index in [-0.39, 0.29) is 11.8 Å². The minimum absolute atomic E-state index is 0.178. The first kappa shape index (κ1) is 29.0. The summed E-state index contributed by atoms with van der Waals surface area (Å²) in [6.07, 6.45) is 25.4. The minimum Gasteiger partial charge on any atom is -0.292 e. The van der Waals surface area contributed by atoms with Gasteiger partial charge in [0.05, 0.1) is 11.0 Å². The van der Waals surface area contributed by atoms with Crippen LogP contribution in [0, 0.1) is 17.8 Å². The van der Waals surface area contributed by atoms with Gasteiger partial charge in [0.25, 0.3) is 0 Å². The summed E-state index contributed by atoms with van der Waals surface area (Å²) in [6.45, 7) is 4.28. The normalized spacial score (nSPS) is 21.9. The molecule has 0 saturated carbocycles. The van der Waals surface area contributed by atoms with E-state index < -0.39 is 0 Å². The second kappa shape index (κ2) is 12.4. The largest absolute Gasteiger partial charge is 0.292 e. The van der Waals surface area contributed by atoms with Crippen molar-refractivity contribution in [2.75, 3.05) is 0 Å². The van der Waals surface area contributed by atoms with Crippen LogP contribution in [-0.4, -0.2) is 9.55 Å². The molecule has 0 spiro atoms. The summed E-state index contributed by atoms with van der Waals surface area (Å²) in [4.78, 5) is 5.12. The molecule has 228 valence electrons. The highest BCUT2D eigenvalue weighted by Gasteiger charge is 2.35. The Balaban J connectivity index is 1.26. The molecule has 0 saturated heterocycles. The summed E-state index contributed by atoms with van der Waals surface area (Å²) in [7, 11) is 0. The quantitative estimate of drug-likeness (QED) is 0.176. The predicted octanol–water partition coefficient (Wildman–Crippen LogP) is 11.2. The first-order chi connectivity index (χ1) is 23.2. The zero-order chi connectivity index (χ0) is 31.7. The molecule has 0 fully saturated rings. The highest BCUT2D eigenvalue weighted by atomic mass is 15.1. The Morgan fingerprint density at radius 2 is 1.45 bits per heavy atom. The van der Waals surface area contributed by atoms with Crippen molar-refractivity contribution < 1.29 is 0 Å². The lowest BCUT2D eigenvalue weighted by molar-refractivity contribution is 0.645. The molecule has 4 aromatic carbocycles. The maximum atomic E-state index is 5.12. The zero-order valence-electron chi connectivity index (χ0n) is 26.9. The Labute approximate surface area is 277 Å². The average Bonchev–Trinajstić information content (AvgIpc) is 3.52. The molecule has 47 heavy (non-hydrogen) atoms. The van der Waals surface area contributed by atoms with Gasteiger partial charge in [0.15, 0.2) is 0 Å². The number of rotatable bonds is 6. The van der Waals surface area contributed by atoms with Gasteiger partial charge in [0, 0.05) is 34.9 Å². The molecule has 5 aromatic rings. The number of allylic oxidation sites excluding steroid dienone is 14. The van der Waals surface area contributed by atoms with Gasteiger partial charge in [-0.2, -0.15) is 0 Å². The summed E-state index contributed by atoms with van der Waals surface area (Å²) in [5.41, 5.74) is 12.4. The van der Waals surface area contributed by atoms with Crippen molar-refractivity contribution in [3.05, 3.63) is 198 Å². The van der Waals surface area contributed by atoms with Crippen LogP contribution >= 0.6 is 0 Å². The van der Waals surface area contributed by atoms with Gasteiger partial charge in [-0.25, -0.2) is 4.98 Å². The van der Waals surface area contributed by atoms with E-state index in [2.05, 4.69) is 188 Å². The van der Waals surface area contributed by atoms with Crippen molar-refractivity contribution in [3.63, 3.8) is 0 Å². The molecule has 1 heterocycles. The fraction of sp³-hybridized carbons (Fsp3) is 0.133. The van der Waals surface area contributed by atoms with E-state index in [1.165, 1.54) is 33.4 Å². The average molecular weight is 607 g/mol. The van der Waals surface area contributed by atoms with Gasteiger partial charge >= 0.3 is 0 Å². The number of nitrogens with zero attached hydrogens (tertiary/aromatic N) is 2. The van der Waals surface area contributed by atoms with Crippen LogP contribution in [0.25, 0.3) is 33.7 Å². The zero-order valence-corrected chi connectivity index (χ0v) is 26.9. The van der Waals surface area contributed by atoms with Gasteiger partial charge in [-0.1, -0.05) is 146 Å². The lowest BCUT2D eigenvalue weighted by atomic mass is 9.66. The standard InChI is InChI=1S/C45H38N2/c1-3-14-37-38(15-4-2)44(35-29-24-31-16-8-9-17-34(31)30-35)40-21-11-10-20-39(40)43(37)32-25-27-33(28-26-32)45-46-41-22-12-13-23-42(41)47(45)36-18-6-5-7-19-36/h3-31,34,37,43H,1-2H3/b14-3-,15-4-. The summed E-state index contributed by atoms with van der Waals surface area (Å²) >= 11 is 0. The van der Waals surface area contributed by atoms with Crippen LogP contribution in [0.5, 0.6) is 0 Å². The molecule has 1 aromatic heterocycles. The van der Waals surface area contributed by atoms with Crippen molar-refractivity contribution in [2.45, 2.75) is 19.8 Å². The molecule has 0 bridgehead atoms. The Bertz CT molecular complexity index is 2160. The van der Waals surface area contributed by atoms with E-state index in [0.29, 0.717) is 11.8 Å². The third-order valence-electron chi connectivity index (χ3n) is 9.80. The van der Waals surface area contributed by atoms with Crippen LogP contribution in [0.2, 0.25) is 0 Å². The minimum atomic E-state index is 0.178. The van der Waals surface area contributed by atoms with E-state index >= 15 is 0 Å². The van der Waals surface area contributed by atoms with E-state index in [9.17, 15) is 0 Å². The molecule has 0 amide bonds. The Kier molecular flexibility index (Phi) is 7.63. The van der Waals surface area contributed by atoms with Crippen molar-refractivity contribution >= 4 is 16.6 Å². The van der Waals surface area contributed by atoms with Crippen LogP contribution in [0.15, 0.2) is 181 Å². The maximum absolute atomic E-state index is 5.12. The van der Waals surface area contributed by atoms with E-state index in [0.717, 1.165) is 28.1 Å². The first-order valence-corrected chi connectivity index (χ1v) is 16.7. The molecule has 4 atom stereocenters. The second-order valence-corrected chi connectivity index (χ2v) is 12.6. The molecule has 0 aliphatic heterocycles. The van der Waals surface area contributed by atoms with Gasteiger partial charge < -0.3 is 0 Å². The number of fused-ring (bicyclic) bond motifs is 3. The van der Waals surface area contributed by atoms with Crippen LogP contribution in [0.1, 0.15) is 36.5 Å². The van der Waals surface area contributed by atoms with Gasteiger partial charge in [0.1, 0.15) is 5.82 Å². The van der Waals surface area contributed by atoms with Crippen LogP contribution in [-0.2, 0) is 0 Å². The molecular weight excluding hydrogens is 569 g/mol. The summed E-state index contributed by atoms with van der Waals surface area (Å²) < 4.78 is 2.27. The molecule has 8 rings (SSSR count). The number of benzene rings is 4. The first-order valence-electron chi connectivity index (χ1n) is 16.7. The monoisotopic (exact) mass is 606 g/mol. The molecule has 0 N–H and O–H groups in total. The van der Waals surface area contributed by atoms with Crippen molar-refractivity contribution in [1.29, 1.82) is 0 Å². The summed E-state index contributed by atoms with van der Waals surface area (Å²) in [5.74, 6) is 2.14. The number of hydrogen-bond acceptors (Lipinski definition) is 1. The summed E-state index contributed by atoms with van der Waals surface area (Å²) in [5, 5.41) is 0. The molecule has 3 aliphatic rings. The van der Waals surface area contributed by atoms with Crippen LogP contribution < -0.4 is 0 Å². The topological polar surface area (TPSA) is 17.8 Å². The maximum Gasteiger partial charge on any atom is 0.145 e. The number of para-hydroxylation sites is 3. The molecule has 2 heteroatoms. The number of hydrogen-bond donors (Lipinski definition) is 0. The van der Waals surface area contributed by atoms with Crippen molar-refractivity contribution in [1.82, 2.24) is 9.55 Å². The Morgan fingerprint density at radius 1 is 0.702 bits per heavy atom. The Morgan fingerprint density at radius 3 is 2.26 bits per heavy atom. The van der Waals surface area contributed by atoms with Gasteiger partial charge in [0.2, 0.25) is 0 Å². The highest BCUT2D eigenvalue weighted by molar-refractivity contribution is 5.90. The van der Waals surface area contributed by atoms with Gasteiger partial charge in [-0.05, 0) is 71.5 Å². The van der Waals surface area contributed by atoms with Crippen molar-refractivity contribution in [3.8, 4) is 17.1 Å².